The maximum absolute atomic E-state index is 12.8. The summed E-state index contributed by atoms with van der Waals surface area (Å²) < 4.78 is 9.52. The third-order valence-corrected chi connectivity index (χ3v) is 4.79. The zero-order valence-corrected chi connectivity index (χ0v) is 17.3. The second-order valence-electron chi connectivity index (χ2n) is 7.21. The minimum atomic E-state index is -0.928. The number of nitrogens with one attached hydrogen (secondary N) is 1. The molecule has 2 heterocycles. The minimum Gasteiger partial charge on any atom is -0.491 e. The standard InChI is InChI=1S/C20H27N5O5/c1-13-6-4-7-15(10-13)30-12-14(27)11-25-16-17(22-19(25)21-8-5-9-26)23(2)20(29)24(3)18(16)28/h4,6-7,10,14,26-27H,5,8-9,11-12H2,1-3H3,(H,21,22)/t14-/m0/s1. The second-order valence-corrected chi connectivity index (χ2v) is 7.21. The molecule has 10 heteroatoms. The van der Waals surface area contributed by atoms with E-state index in [0.717, 1.165) is 10.1 Å². The second kappa shape index (κ2) is 9.14. The van der Waals surface area contributed by atoms with Crippen LogP contribution in [0.1, 0.15) is 12.0 Å². The molecule has 1 aromatic carbocycles. The lowest BCUT2D eigenvalue weighted by Crippen LogP contribution is -2.38. The van der Waals surface area contributed by atoms with Gasteiger partial charge in [-0.2, -0.15) is 4.98 Å². The highest BCUT2D eigenvalue weighted by Crippen LogP contribution is 2.17. The summed E-state index contributed by atoms with van der Waals surface area (Å²) in [6.07, 6.45) is -0.442. The van der Waals surface area contributed by atoms with Crippen LogP contribution < -0.4 is 21.3 Å². The van der Waals surface area contributed by atoms with E-state index < -0.39 is 17.4 Å². The van der Waals surface area contributed by atoms with Crippen molar-refractivity contribution in [3.63, 3.8) is 0 Å². The van der Waals surface area contributed by atoms with Crippen LogP contribution in [0.2, 0.25) is 0 Å². The van der Waals surface area contributed by atoms with E-state index in [0.29, 0.717) is 24.7 Å². The van der Waals surface area contributed by atoms with Gasteiger partial charge in [0.25, 0.3) is 5.56 Å². The van der Waals surface area contributed by atoms with E-state index in [9.17, 15) is 14.7 Å². The molecule has 0 amide bonds. The van der Waals surface area contributed by atoms with Gasteiger partial charge in [0.1, 0.15) is 18.5 Å². The molecule has 0 unspecified atom stereocenters. The fourth-order valence-electron chi connectivity index (χ4n) is 3.20. The third-order valence-electron chi connectivity index (χ3n) is 4.79. The molecule has 2 aromatic heterocycles. The number of fused-ring (bicyclic) bond motifs is 1. The lowest BCUT2D eigenvalue weighted by molar-refractivity contribution is 0.0938. The van der Waals surface area contributed by atoms with Gasteiger partial charge in [-0.1, -0.05) is 12.1 Å². The normalized spacial score (nSPS) is 12.3. The van der Waals surface area contributed by atoms with E-state index >= 15 is 0 Å². The fraction of sp³-hybridized carbons (Fsp3) is 0.450. The van der Waals surface area contributed by atoms with Crippen LogP contribution in [-0.2, 0) is 20.6 Å². The molecular formula is C20H27N5O5. The Bertz CT molecular complexity index is 1150. The van der Waals surface area contributed by atoms with Crippen molar-refractivity contribution in [1.82, 2.24) is 18.7 Å². The first-order valence-corrected chi connectivity index (χ1v) is 9.72. The topological polar surface area (TPSA) is 124 Å². The Morgan fingerprint density at radius 2 is 2.00 bits per heavy atom. The highest BCUT2D eigenvalue weighted by molar-refractivity contribution is 5.74. The van der Waals surface area contributed by atoms with E-state index in [2.05, 4.69) is 10.3 Å². The highest BCUT2D eigenvalue weighted by atomic mass is 16.5. The average Bonchev–Trinajstić information content (AvgIpc) is 3.07. The van der Waals surface area contributed by atoms with Crippen LogP contribution in [0, 0.1) is 6.92 Å². The Morgan fingerprint density at radius 3 is 2.70 bits per heavy atom. The molecule has 0 saturated heterocycles. The number of benzene rings is 1. The van der Waals surface area contributed by atoms with Gasteiger partial charge in [-0.05, 0) is 31.0 Å². The van der Waals surface area contributed by atoms with E-state index in [1.54, 1.807) is 10.6 Å². The zero-order valence-electron chi connectivity index (χ0n) is 17.3. The van der Waals surface area contributed by atoms with Crippen LogP contribution in [0.25, 0.3) is 11.2 Å². The van der Waals surface area contributed by atoms with Gasteiger partial charge < -0.3 is 24.8 Å². The van der Waals surface area contributed by atoms with Crippen molar-refractivity contribution in [2.24, 2.45) is 14.1 Å². The molecular weight excluding hydrogens is 390 g/mol. The molecule has 0 spiro atoms. The summed E-state index contributed by atoms with van der Waals surface area (Å²) in [6.45, 7) is 2.43. The van der Waals surface area contributed by atoms with E-state index in [1.165, 1.54) is 18.7 Å². The summed E-state index contributed by atoms with van der Waals surface area (Å²) in [5, 5.41) is 22.7. The number of aromatic nitrogens is 4. The van der Waals surface area contributed by atoms with Crippen LogP contribution in [0.5, 0.6) is 5.75 Å². The average molecular weight is 417 g/mol. The lowest BCUT2D eigenvalue weighted by Gasteiger charge is -2.16. The molecule has 3 N–H and O–H groups in total. The molecule has 162 valence electrons. The first kappa shape index (κ1) is 21.6. The molecule has 0 saturated carbocycles. The predicted molar refractivity (Wildman–Crippen MR) is 113 cm³/mol. The van der Waals surface area contributed by atoms with Gasteiger partial charge in [-0.15, -0.1) is 0 Å². The molecule has 0 aliphatic carbocycles. The number of aliphatic hydroxyl groups excluding tert-OH is 2. The maximum Gasteiger partial charge on any atom is 0.332 e. The van der Waals surface area contributed by atoms with E-state index in [-0.39, 0.29) is 30.9 Å². The van der Waals surface area contributed by atoms with Crippen molar-refractivity contribution in [1.29, 1.82) is 0 Å². The summed E-state index contributed by atoms with van der Waals surface area (Å²) >= 11 is 0. The summed E-state index contributed by atoms with van der Waals surface area (Å²) in [4.78, 5) is 29.4. The molecule has 0 aliphatic rings. The molecule has 1 atom stereocenters. The summed E-state index contributed by atoms with van der Waals surface area (Å²) in [6, 6.07) is 7.49. The van der Waals surface area contributed by atoms with Crippen molar-refractivity contribution in [2.75, 3.05) is 25.1 Å². The smallest absolute Gasteiger partial charge is 0.332 e. The van der Waals surface area contributed by atoms with Gasteiger partial charge in [-0.25, -0.2) is 4.79 Å². The number of nitrogens with zero attached hydrogens (tertiary/aromatic N) is 4. The Kier molecular flexibility index (Phi) is 6.58. The minimum absolute atomic E-state index is 0.000434. The van der Waals surface area contributed by atoms with Crippen molar-refractivity contribution >= 4 is 17.1 Å². The first-order valence-electron chi connectivity index (χ1n) is 9.72. The van der Waals surface area contributed by atoms with Crippen LogP contribution in [-0.4, -0.2) is 54.8 Å². The van der Waals surface area contributed by atoms with Gasteiger partial charge in [0.15, 0.2) is 11.2 Å². The first-order chi connectivity index (χ1) is 14.3. The number of ether oxygens (including phenoxy) is 1. The maximum atomic E-state index is 12.8. The zero-order chi connectivity index (χ0) is 21.8. The van der Waals surface area contributed by atoms with Gasteiger partial charge >= 0.3 is 5.69 Å². The third kappa shape index (κ3) is 4.39. The number of aliphatic hydroxyl groups is 2. The van der Waals surface area contributed by atoms with Crippen molar-refractivity contribution < 1.29 is 14.9 Å². The molecule has 10 nitrogen and oxygen atoms in total. The largest absolute Gasteiger partial charge is 0.491 e. The molecule has 0 fully saturated rings. The van der Waals surface area contributed by atoms with Crippen molar-refractivity contribution in [3.8, 4) is 5.75 Å². The summed E-state index contributed by atoms with van der Waals surface area (Å²) in [5.41, 5.74) is 0.495. The van der Waals surface area contributed by atoms with Crippen LogP contribution in [0.15, 0.2) is 33.9 Å². The van der Waals surface area contributed by atoms with E-state index in [1.807, 2.05) is 25.1 Å². The number of rotatable bonds is 9. The quantitative estimate of drug-likeness (QED) is 0.418. The fourth-order valence-corrected chi connectivity index (χ4v) is 3.20. The molecule has 30 heavy (non-hydrogen) atoms. The highest BCUT2D eigenvalue weighted by Gasteiger charge is 2.21. The van der Waals surface area contributed by atoms with Crippen LogP contribution in [0.3, 0.4) is 0 Å². The van der Waals surface area contributed by atoms with E-state index in [4.69, 9.17) is 9.84 Å². The van der Waals surface area contributed by atoms with Gasteiger partial charge in [0.05, 0.1) is 6.54 Å². The lowest BCUT2D eigenvalue weighted by atomic mass is 10.2. The molecule has 0 aliphatic heterocycles. The number of hydrogen-bond donors (Lipinski definition) is 3. The number of imidazole rings is 1. The van der Waals surface area contributed by atoms with Gasteiger partial charge in [-0.3, -0.25) is 13.9 Å². The molecule has 3 aromatic rings. The molecule has 0 bridgehead atoms. The Balaban J connectivity index is 1.92. The Hall–Kier alpha value is -3.11. The molecule has 3 rings (SSSR count). The van der Waals surface area contributed by atoms with Crippen molar-refractivity contribution in [3.05, 3.63) is 50.7 Å². The van der Waals surface area contributed by atoms with Gasteiger partial charge in [0.2, 0.25) is 5.95 Å². The van der Waals surface area contributed by atoms with Gasteiger partial charge in [0, 0.05) is 27.2 Å². The summed E-state index contributed by atoms with van der Waals surface area (Å²) in [7, 11) is 2.94. The van der Waals surface area contributed by atoms with Crippen LogP contribution in [0.4, 0.5) is 5.95 Å². The SMILES string of the molecule is Cc1cccc(OC[C@@H](O)Cn2c(NCCCO)nc3c2c(=O)n(C)c(=O)n3C)c1. The van der Waals surface area contributed by atoms with Crippen LogP contribution >= 0.6 is 0 Å². The van der Waals surface area contributed by atoms with Crippen molar-refractivity contribution in [2.45, 2.75) is 26.0 Å². The number of aryl methyl sites for hydroxylation is 2. The predicted octanol–water partition coefficient (Wildman–Crippen LogP) is -0.0237. The number of hydrogen-bond acceptors (Lipinski definition) is 7. The Labute approximate surface area is 173 Å². The molecule has 0 radical (unpaired) electrons. The monoisotopic (exact) mass is 417 g/mol. The number of anilines is 1. The Morgan fingerprint density at radius 1 is 1.23 bits per heavy atom. The summed E-state index contributed by atoms with van der Waals surface area (Å²) in [5.74, 6) is 0.982.